The Kier molecular flexibility index (Phi) is 5.24. The Balaban J connectivity index is 1.52. The van der Waals surface area contributed by atoms with Crippen molar-refractivity contribution >= 4 is 21.8 Å². The third-order valence-electron chi connectivity index (χ3n) is 5.35. The van der Waals surface area contributed by atoms with Crippen molar-refractivity contribution in [3.63, 3.8) is 0 Å². The largest absolute Gasteiger partial charge is 0.492 e. The van der Waals surface area contributed by atoms with Crippen molar-refractivity contribution in [2.24, 2.45) is 0 Å². The second kappa shape index (κ2) is 8.20. The van der Waals surface area contributed by atoms with Crippen molar-refractivity contribution in [1.29, 1.82) is 0 Å². The summed E-state index contributed by atoms with van der Waals surface area (Å²) >= 11 is 3.47. The number of aromatic nitrogens is 4. The second-order valence-electron chi connectivity index (χ2n) is 7.35. The fourth-order valence-electron chi connectivity index (χ4n) is 3.91. The van der Waals surface area contributed by atoms with Crippen LogP contribution in [-0.4, -0.2) is 45.1 Å². The third kappa shape index (κ3) is 3.84. The van der Waals surface area contributed by atoms with Crippen LogP contribution >= 0.6 is 15.9 Å². The van der Waals surface area contributed by atoms with Gasteiger partial charge in [-0.1, -0.05) is 15.9 Å². The van der Waals surface area contributed by atoms with Crippen LogP contribution in [0, 0.1) is 0 Å². The Morgan fingerprint density at radius 1 is 1.29 bits per heavy atom. The van der Waals surface area contributed by atoms with E-state index in [2.05, 4.69) is 36.5 Å². The van der Waals surface area contributed by atoms with Gasteiger partial charge in [0.2, 0.25) is 0 Å². The van der Waals surface area contributed by atoms with E-state index in [9.17, 15) is 9.59 Å². The summed E-state index contributed by atoms with van der Waals surface area (Å²) in [6.07, 6.45) is 3.78. The molecule has 0 fully saturated rings. The summed E-state index contributed by atoms with van der Waals surface area (Å²) in [5.41, 5.74) is 2.28. The number of benzene rings is 1. The van der Waals surface area contributed by atoms with Crippen LogP contribution in [0.25, 0.3) is 11.4 Å². The van der Waals surface area contributed by atoms with Crippen molar-refractivity contribution < 1.29 is 9.53 Å². The van der Waals surface area contributed by atoms with Gasteiger partial charge in [0.05, 0.1) is 29.6 Å². The first-order chi connectivity index (χ1) is 15.1. The molecule has 10 heteroatoms. The van der Waals surface area contributed by atoms with Crippen LogP contribution in [0.4, 0.5) is 0 Å². The molecule has 2 aliphatic heterocycles. The number of carbonyl (C=O) groups excluding carboxylic acids is 1. The van der Waals surface area contributed by atoms with Crippen molar-refractivity contribution in [3.8, 4) is 17.1 Å². The maximum absolute atomic E-state index is 13.2. The van der Waals surface area contributed by atoms with E-state index in [-0.39, 0.29) is 11.5 Å². The molecule has 0 radical (unpaired) electrons. The number of hydrogen-bond acceptors (Lipinski definition) is 7. The number of amides is 1. The molecule has 2 aliphatic rings. The lowest BCUT2D eigenvalue weighted by atomic mass is 10.1. The number of carbonyl (C=O) groups is 1. The summed E-state index contributed by atoms with van der Waals surface area (Å²) in [5, 5.41) is 6.31. The highest BCUT2D eigenvalue weighted by molar-refractivity contribution is 9.10. The summed E-state index contributed by atoms with van der Waals surface area (Å²) in [4.78, 5) is 38.8. The quantitative estimate of drug-likeness (QED) is 0.581. The Labute approximate surface area is 186 Å². The van der Waals surface area contributed by atoms with Gasteiger partial charge in [-0.25, -0.2) is 15.0 Å². The van der Waals surface area contributed by atoms with Crippen LogP contribution in [0.5, 0.6) is 5.75 Å². The van der Waals surface area contributed by atoms with E-state index in [1.807, 2.05) is 6.07 Å². The molecule has 0 saturated heterocycles. The van der Waals surface area contributed by atoms with Crippen LogP contribution in [-0.2, 0) is 13.0 Å². The van der Waals surface area contributed by atoms with Crippen molar-refractivity contribution in [2.45, 2.75) is 19.0 Å². The summed E-state index contributed by atoms with van der Waals surface area (Å²) in [5.74, 6) is 0.829. The molecule has 1 unspecified atom stereocenters. The van der Waals surface area contributed by atoms with Crippen LogP contribution in [0.1, 0.15) is 27.8 Å². The molecule has 9 nitrogen and oxygen atoms in total. The van der Waals surface area contributed by atoms with E-state index in [1.54, 1.807) is 22.9 Å². The lowest BCUT2D eigenvalue weighted by molar-refractivity contribution is 0.0931. The SMILES string of the molecule is O=C(NC1CNCCn2c1nc(-c1ccncn1)cc2=O)c1cc(Br)cc2c1OCC2. The van der Waals surface area contributed by atoms with E-state index < -0.39 is 6.04 Å². The molecular formula is C21H19BrN6O3. The Morgan fingerprint density at radius 3 is 3.03 bits per heavy atom. The fraction of sp³-hybridized carbons (Fsp3) is 0.286. The first-order valence-electron chi connectivity index (χ1n) is 9.95. The molecule has 0 aliphatic carbocycles. The third-order valence-corrected chi connectivity index (χ3v) is 5.81. The molecule has 5 rings (SSSR count). The Bertz CT molecular complexity index is 1210. The van der Waals surface area contributed by atoms with Gasteiger partial charge >= 0.3 is 0 Å². The van der Waals surface area contributed by atoms with Gasteiger partial charge in [0.1, 0.15) is 17.9 Å². The normalized spacial score (nSPS) is 17.3. The standard InChI is InChI=1S/C21H19BrN6O3/c22-13-7-12-2-6-31-19(12)14(8-13)21(30)27-17-10-23-4-5-28-18(29)9-16(26-20(17)28)15-1-3-24-11-25-15/h1,3,7-9,11,17,23H,2,4-6,10H2,(H,27,30). The summed E-state index contributed by atoms with van der Waals surface area (Å²) in [6, 6.07) is 6.38. The molecule has 1 atom stereocenters. The first-order valence-corrected chi connectivity index (χ1v) is 10.7. The van der Waals surface area contributed by atoms with Gasteiger partial charge in [-0.05, 0) is 23.8 Å². The molecular weight excluding hydrogens is 464 g/mol. The van der Waals surface area contributed by atoms with Gasteiger partial charge in [0.25, 0.3) is 11.5 Å². The zero-order valence-electron chi connectivity index (χ0n) is 16.5. The van der Waals surface area contributed by atoms with Gasteiger partial charge in [0.15, 0.2) is 0 Å². The molecule has 2 aromatic heterocycles. The van der Waals surface area contributed by atoms with Gasteiger partial charge in [-0.3, -0.25) is 14.2 Å². The number of nitrogens with zero attached hydrogens (tertiary/aromatic N) is 4. The zero-order valence-corrected chi connectivity index (χ0v) is 18.1. The molecule has 31 heavy (non-hydrogen) atoms. The summed E-state index contributed by atoms with van der Waals surface area (Å²) in [7, 11) is 0. The number of halogens is 1. The highest BCUT2D eigenvalue weighted by Crippen LogP contribution is 2.33. The van der Waals surface area contributed by atoms with Crippen molar-refractivity contribution in [1.82, 2.24) is 30.2 Å². The molecule has 0 spiro atoms. The lowest BCUT2D eigenvalue weighted by Crippen LogP contribution is -2.37. The number of fused-ring (bicyclic) bond motifs is 2. The number of hydrogen-bond donors (Lipinski definition) is 2. The zero-order chi connectivity index (χ0) is 21.4. The number of rotatable bonds is 3. The van der Waals surface area contributed by atoms with E-state index in [4.69, 9.17) is 9.72 Å². The fourth-order valence-corrected chi connectivity index (χ4v) is 4.41. The van der Waals surface area contributed by atoms with Gasteiger partial charge in [-0.15, -0.1) is 0 Å². The van der Waals surface area contributed by atoms with Gasteiger partial charge in [-0.2, -0.15) is 0 Å². The van der Waals surface area contributed by atoms with Crippen LogP contribution in [0.15, 0.2) is 46.1 Å². The highest BCUT2D eigenvalue weighted by atomic mass is 79.9. The van der Waals surface area contributed by atoms with Crippen LogP contribution in [0.2, 0.25) is 0 Å². The summed E-state index contributed by atoms with van der Waals surface area (Å²) < 4.78 is 8.12. The molecule has 158 valence electrons. The predicted octanol–water partition coefficient (Wildman–Crippen LogP) is 1.47. The maximum Gasteiger partial charge on any atom is 0.255 e. The minimum atomic E-state index is -0.500. The van der Waals surface area contributed by atoms with E-state index in [1.165, 1.54) is 12.4 Å². The smallest absolute Gasteiger partial charge is 0.255 e. The second-order valence-corrected chi connectivity index (χ2v) is 8.27. The van der Waals surface area contributed by atoms with Crippen molar-refractivity contribution in [2.75, 3.05) is 19.7 Å². The van der Waals surface area contributed by atoms with Gasteiger partial charge < -0.3 is 15.4 Å². The molecule has 0 saturated carbocycles. The first kappa shape index (κ1) is 19.8. The minimum Gasteiger partial charge on any atom is -0.492 e. The van der Waals surface area contributed by atoms with E-state index in [0.29, 0.717) is 54.8 Å². The molecule has 0 bridgehead atoms. The lowest BCUT2D eigenvalue weighted by Gasteiger charge is -2.20. The topological polar surface area (TPSA) is 111 Å². The average Bonchev–Trinajstić information content (AvgIpc) is 3.15. The minimum absolute atomic E-state index is 0.187. The van der Waals surface area contributed by atoms with Crippen LogP contribution < -0.4 is 20.9 Å². The Morgan fingerprint density at radius 2 is 2.19 bits per heavy atom. The van der Waals surface area contributed by atoms with E-state index in [0.717, 1.165) is 16.5 Å². The molecule has 1 amide bonds. The van der Waals surface area contributed by atoms with Crippen molar-refractivity contribution in [3.05, 3.63) is 68.6 Å². The van der Waals surface area contributed by atoms with E-state index >= 15 is 0 Å². The molecule has 4 heterocycles. The number of nitrogens with one attached hydrogen (secondary N) is 2. The monoisotopic (exact) mass is 482 g/mol. The average molecular weight is 483 g/mol. The molecule has 2 N–H and O–H groups in total. The predicted molar refractivity (Wildman–Crippen MR) is 116 cm³/mol. The van der Waals surface area contributed by atoms with Crippen LogP contribution in [0.3, 0.4) is 0 Å². The maximum atomic E-state index is 13.2. The summed E-state index contributed by atoms with van der Waals surface area (Å²) in [6.45, 7) is 2.07. The molecule has 3 aromatic rings. The highest BCUT2D eigenvalue weighted by Gasteiger charge is 2.27. The molecule has 1 aromatic carbocycles. The number of ether oxygens (including phenoxy) is 1. The Hall–Kier alpha value is -3.11. The van der Waals surface area contributed by atoms with Gasteiger partial charge in [0, 0.05) is 42.8 Å².